The molecule has 0 radical (unpaired) electrons. The van der Waals surface area contributed by atoms with Crippen molar-refractivity contribution in [3.8, 4) is 0 Å². The monoisotopic (exact) mass is 255 g/mol. The third-order valence-corrected chi connectivity index (χ3v) is 4.99. The molecule has 1 aliphatic carbocycles. The van der Waals surface area contributed by atoms with E-state index in [0.29, 0.717) is 5.92 Å². The van der Waals surface area contributed by atoms with Crippen LogP contribution in [0, 0.1) is 5.92 Å². The summed E-state index contributed by atoms with van der Waals surface area (Å²) in [7, 11) is 0. The molecule has 0 aromatic heterocycles. The molecule has 1 heterocycles. The molecule has 1 saturated carbocycles. The normalized spacial score (nSPS) is 28.4. The highest BCUT2D eigenvalue weighted by Gasteiger charge is 2.28. The topological polar surface area (TPSA) is 3.24 Å². The molecule has 2 aliphatic rings. The van der Waals surface area contributed by atoms with Crippen LogP contribution in [-0.4, -0.2) is 24.0 Å². The molecule has 0 atom stereocenters. The van der Waals surface area contributed by atoms with E-state index in [9.17, 15) is 0 Å². The average molecular weight is 255 g/mol. The molecule has 3 rings (SSSR count). The second kappa shape index (κ2) is 5.92. The standard InChI is InChI=1S/C18H25N/c1-15(16-7-3-2-4-8-16)17-9-11-18(12-10-17)19-13-5-6-14-19/h2-4,7-8,17-18H,1,5-6,9-14H2. The average Bonchev–Trinajstić information content (AvgIpc) is 3.02. The van der Waals surface area contributed by atoms with E-state index in [1.165, 1.54) is 62.8 Å². The van der Waals surface area contributed by atoms with Crippen molar-refractivity contribution >= 4 is 5.57 Å². The van der Waals surface area contributed by atoms with Crippen LogP contribution in [-0.2, 0) is 0 Å². The van der Waals surface area contributed by atoms with Gasteiger partial charge in [0.15, 0.2) is 0 Å². The Morgan fingerprint density at radius 2 is 1.58 bits per heavy atom. The van der Waals surface area contributed by atoms with Crippen molar-refractivity contribution in [1.29, 1.82) is 0 Å². The number of allylic oxidation sites excluding steroid dienone is 1. The van der Waals surface area contributed by atoms with Gasteiger partial charge in [-0.1, -0.05) is 36.9 Å². The van der Waals surface area contributed by atoms with Gasteiger partial charge < -0.3 is 4.90 Å². The zero-order chi connectivity index (χ0) is 13.1. The first-order valence-electron chi connectivity index (χ1n) is 7.83. The van der Waals surface area contributed by atoms with E-state index in [-0.39, 0.29) is 0 Å². The maximum absolute atomic E-state index is 4.36. The van der Waals surface area contributed by atoms with Crippen LogP contribution in [0.5, 0.6) is 0 Å². The molecule has 102 valence electrons. The minimum atomic E-state index is 0.709. The Hall–Kier alpha value is -1.08. The number of likely N-dealkylation sites (tertiary alicyclic amines) is 1. The van der Waals surface area contributed by atoms with Crippen molar-refractivity contribution in [3.63, 3.8) is 0 Å². The maximum Gasteiger partial charge on any atom is 0.00956 e. The largest absolute Gasteiger partial charge is 0.300 e. The summed E-state index contributed by atoms with van der Waals surface area (Å²) in [6.45, 7) is 7.04. The third-order valence-electron chi connectivity index (χ3n) is 4.99. The fourth-order valence-corrected chi connectivity index (χ4v) is 3.78. The molecule has 1 nitrogen and oxygen atoms in total. The van der Waals surface area contributed by atoms with Crippen LogP contribution in [0.25, 0.3) is 5.57 Å². The summed E-state index contributed by atoms with van der Waals surface area (Å²) in [5, 5.41) is 0. The lowest BCUT2D eigenvalue weighted by atomic mass is 9.79. The second-order valence-corrected chi connectivity index (χ2v) is 6.14. The van der Waals surface area contributed by atoms with Gasteiger partial charge in [-0.15, -0.1) is 0 Å². The van der Waals surface area contributed by atoms with Gasteiger partial charge in [0.1, 0.15) is 0 Å². The number of nitrogens with zero attached hydrogens (tertiary/aromatic N) is 1. The zero-order valence-electron chi connectivity index (χ0n) is 11.9. The molecule has 0 bridgehead atoms. The predicted molar refractivity (Wildman–Crippen MR) is 82.0 cm³/mol. The maximum atomic E-state index is 4.36. The van der Waals surface area contributed by atoms with Crippen LogP contribution in [0.3, 0.4) is 0 Å². The van der Waals surface area contributed by atoms with E-state index in [0.717, 1.165) is 6.04 Å². The minimum absolute atomic E-state index is 0.709. The van der Waals surface area contributed by atoms with Crippen molar-refractivity contribution in [2.75, 3.05) is 13.1 Å². The number of benzene rings is 1. The SMILES string of the molecule is C=C(c1ccccc1)C1CCC(N2CCCC2)CC1. The summed E-state index contributed by atoms with van der Waals surface area (Å²) >= 11 is 0. The van der Waals surface area contributed by atoms with Gasteiger partial charge >= 0.3 is 0 Å². The van der Waals surface area contributed by atoms with Crippen LogP contribution in [0.15, 0.2) is 36.9 Å². The van der Waals surface area contributed by atoms with Gasteiger partial charge in [0, 0.05) is 6.04 Å². The van der Waals surface area contributed by atoms with Crippen molar-refractivity contribution in [3.05, 3.63) is 42.5 Å². The first kappa shape index (κ1) is 12.9. The van der Waals surface area contributed by atoms with Crippen molar-refractivity contribution < 1.29 is 0 Å². The van der Waals surface area contributed by atoms with Gasteiger partial charge in [0.25, 0.3) is 0 Å². The van der Waals surface area contributed by atoms with E-state index in [1.54, 1.807) is 0 Å². The molecule has 1 saturated heterocycles. The Balaban J connectivity index is 1.56. The number of rotatable bonds is 3. The lowest BCUT2D eigenvalue weighted by Gasteiger charge is -2.35. The molecule has 19 heavy (non-hydrogen) atoms. The molecule has 0 amide bonds. The number of hydrogen-bond donors (Lipinski definition) is 0. The zero-order valence-corrected chi connectivity index (χ0v) is 11.9. The Labute approximate surface area is 117 Å². The van der Waals surface area contributed by atoms with Gasteiger partial charge in [-0.25, -0.2) is 0 Å². The fourth-order valence-electron chi connectivity index (χ4n) is 3.78. The quantitative estimate of drug-likeness (QED) is 0.776. The molecule has 1 aromatic carbocycles. The van der Waals surface area contributed by atoms with Gasteiger partial charge in [0.05, 0.1) is 0 Å². The Morgan fingerprint density at radius 1 is 0.947 bits per heavy atom. The Kier molecular flexibility index (Phi) is 4.03. The Bertz CT molecular complexity index is 409. The van der Waals surface area contributed by atoms with Gasteiger partial charge in [-0.3, -0.25) is 0 Å². The smallest absolute Gasteiger partial charge is 0.00956 e. The highest BCUT2D eigenvalue weighted by molar-refractivity contribution is 5.65. The molecule has 1 aliphatic heterocycles. The molecule has 2 fully saturated rings. The van der Waals surface area contributed by atoms with Crippen LogP contribution in [0.4, 0.5) is 0 Å². The first-order chi connectivity index (χ1) is 9.34. The van der Waals surface area contributed by atoms with Gasteiger partial charge in [0.2, 0.25) is 0 Å². The minimum Gasteiger partial charge on any atom is -0.300 e. The lowest BCUT2D eigenvalue weighted by Crippen LogP contribution is -2.36. The van der Waals surface area contributed by atoms with Crippen molar-refractivity contribution in [1.82, 2.24) is 4.90 Å². The third kappa shape index (κ3) is 2.92. The summed E-state index contributed by atoms with van der Waals surface area (Å²) in [6.07, 6.45) is 8.23. The number of hydrogen-bond acceptors (Lipinski definition) is 1. The summed E-state index contributed by atoms with van der Waals surface area (Å²) in [5.74, 6) is 0.709. The van der Waals surface area contributed by atoms with E-state index in [4.69, 9.17) is 0 Å². The molecule has 1 heteroatoms. The lowest BCUT2D eigenvalue weighted by molar-refractivity contribution is 0.178. The Morgan fingerprint density at radius 3 is 2.21 bits per heavy atom. The van der Waals surface area contributed by atoms with Crippen molar-refractivity contribution in [2.24, 2.45) is 5.92 Å². The summed E-state index contributed by atoms with van der Waals surface area (Å²) in [6, 6.07) is 11.6. The summed E-state index contributed by atoms with van der Waals surface area (Å²) in [5.41, 5.74) is 2.70. The fraction of sp³-hybridized carbons (Fsp3) is 0.556. The first-order valence-corrected chi connectivity index (χ1v) is 7.83. The highest BCUT2D eigenvalue weighted by Crippen LogP contribution is 2.36. The van der Waals surface area contributed by atoms with E-state index in [2.05, 4.69) is 41.8 Å². The summed E-state index contributed by atoms with van der Waals surface area (Å²) < 4.78 is 0. The van der Waals surface area contributed by atoms with Crippen LogP contribution < -0.4 is 0 Å². The molecule has 0 spiro atoms. The summed E-state index contributed by atoms with van der Waals surface area (Å²) in [4.78, 5) is 2.72. The molecular formula is C18H25N. The second-order valence-electron chi connectivity index (χ2n) is 6.14. The molecule has 0 N–H and O–H groups in total. The predicted octanol–water partition coefficient (Wildman–Crippen LogP) is 4.35. The van der Waals surface area contributed by atoms with E-state index < -0.39 is 0 Å². The van der Waals surface area contributed by atoms with Gasteiger partial charge in [-0.05, 0) is 68.7 Å². The van der Waals surface area contributed by atoms with E-state index in [1.807, 2.05) is 0 Å². The van der Waals surface area contributed by atoms with Crippen LogP contribution >= 0.6 is 0 Å². The molecule has 0 unspecified atom stereocenters. The molecule has 1 aromatic rings. The van der Waals surface area contributed by atoms with Crippen molar-refractivity contribution in [2.45, 2.75) is 44.6 Å². The van der Waals surface area contributed by atoms with Crippen LogP contribution in [0.2, 0.25) is 0 Å². The van der Waals surface area contributed by atoms with E-state index >= 15 is 0 Å². The van der Waals surface area contributed by atoms with Crippen LogP contribution in [0.1, 0.15) is 44.1 Å². The van der Waals surface area contributed by atoms with Gasteiger partial charge in [-0.2, -0.15) is 0 Å². The highest BCUT2D eigenvalue weighted by atomic mass is 15.2. The molecular weight excluding hydrogens is 230 g/mol.